The highest BCUT2D eigenvalue weighted by molar-refractivity contribution is 4.88. The second kappa shape index (κ2) is 3.95. The summed E-state index contributed by atoms with van der Waals surface area (Å²) in [6.45, 7) is 6.41. The third-order valence-corrected chi connectivity index (χ3v) is 2.62. The van der Waals surface area contributed by atoms with Crippen molar-refractivity contribution in [2.45, 2.75) is 51.7 Å². The molecule has 2 heterocycles. The summed E-state index contributed by atoms with van der Waals surface area (Å²) >= 11 is 0. The molecule has 2 saturated heterocycles. The molecular formula is C10H19NO2. The van der Waals surface area contributed by atoms with Gasteiger partial charge >= 0.3 is 0 Å². The van der Waals surface area contributed by atoms with Crippen molar-refractivity contribution < 1.29 is 9.47 Å². The van der Waals surface area contributed by atoms with Crippen molar-refractivity contribution in [3.05, 3.63) is 0 Å². The van der Waals surface area contributed by atoms with Gasteiger partial charge in [0.25, 0.3) is 0 Å². The van der Waals surface area contributed by atoms with E-state index in [0.717, 1.165) is 13.2 Å². The van der Waals surface area contributed by atoms with E-state index in [9.17, 15) is 0 Å². The first-order valence-electron chi connectivity index (χ1n) is 5.39. The molecule has 2 rings (SSSR count). The molecule has 3 heteroatoms. The molecule has 0 aromatic rings. The van der Waals surface area contributed by atoms with Gasteiger partial charge in [-0.15, -0.1) is 0 Å². The largest absolute Gasteiger partial charge is 0.356 e. The molecule has 3 nitrogen and oxygen atoms in total. The summed E-state index contributed by atoms with van der Waals surface area (Å²) in [6.07, 6.45) is 4.81. The summed E-state index contributed by atoms with van der Waals surface area (Å²) in [7, 11) is 0. The second-order valence-electron chi connectivity index (χ2n) is 3.88. The van der Waals surface area contributed by atoms with Crippen molar-refractivity contribution in [3.63, 3.8) is 0 Å². The molecule has 0 amide bonds. The third-order valence-electron chi connectivity index (χ3n) is 2.62. The predicted molar refractivity (Wildman–Crippen MR) is 50.3 cm³/mol. The molecular weight excluding hydrogens is 166 g/mol. The summed E-state index contributed by atoms with van der Waals surface area (Å²) in [6, 6.07) is 0. The van der Waals surface area contributed by atoms with Crippen LogP contribution in [0.25, 0.3) is 0 Å². The maximum absolute atomic E-state index is 5.62. The molecule has 0 aromatic heterocycles. The predicted octanol–water partition coefficient (Wildman–Crippen LogP) is 1.58. The average Bonchev–Trinajstić information content (AvgIpc) is 2.97. The van der Waals surface area contributed by atoms with Crippen LogP contribution in [0.5, 0.6) is 0 Å². The lowest BCUT2D eigenvalue weighted by molar-refractivity contribution is 0.113. The van der Waals surface area contributed by atoms with Crippen molar-refractivity contribution in [2.75, 3.05) is 13.2 Å². The zero-order valence-electron chi connectivity index (χ0n) is 8.53. The zero-order valence-corrected chi connectivity index (χ0v) is 8.53. The molecule has 76 valence electrons. The van der Waals surface area contributed by atoms with Gasteiger partial charge in [0.15, 0.2) is 0 Å². The summed E-state index contributed by atoms with van der Waals surface area (Å²) in [5.41, 5.74) is 0. The first kappa shape index (κ1) is 9.44. The van der Waals surface area contributed by atoms with E-state index < -0.39 is 0 Å². The maximum atomic E-state index is 5.62. The van der Waals surface area contributed by atoms with E-state index in [1.165, 1.54) is 19.3 Å². The number of nitrogens with zero attached hydrogens (tertiary/aromatic N) is 1. The normalized spacial score (nSPS) is 36.7. The molecule has 0 aromatic carbocycles. The van der Waals surface area contributed by atoms with Crippen LogP contribution in [0.4, 0.5) is 0 Å². The number of hydrogen-bond acceptors (Lipinski definition) is 3. The van der Waals surface area contributed by atoms with Crippen molar-refractivity contribution in [2.24, 2.45) is 0 Å². The Bertz CT molecular complexity index is 170. The highest BCUT2D eigenvalue weighted by atomic mass is 16.6. The van der Waals surface area contributed by atoms with Gasteiger partial charge < -0.3 is 9.47 Å². The standard InChI is InChI=1S/C10H19NO2/c1-3-5-8-10(13-8)11(6-4-2)9-7-12-9/h8-10H,3-7H2,1-2H3/t8-,9?,10?/m0/s1. The fraction of sp³-hybridized carbons (Fsp3) is 1.00. The zero-order chi connectivity index (χ0) is 9.26. The number of epoxide rings is 2. The molecule has 0 aliphatic carbocycles. The Labute approximate surface area is 80.0 Å². The number of hydrogen-bond donors (Lipinski definition) is 0. The molecule has 2 unspecified atom stereocenters. The molecule has 13 heavy (non-hydrogen) atoms. The van der Waals surface area contributed by atoms with E-state index in [-0.39, 0.29) is 0 Å². The van der Waals surface area contributed by atoms with Crippen molar-refractivity contribution in [1.82, 2.24) is 4.90 Å². The molecule has 0 N–H and O–H groups in total. The Morgan fingerprint density at radius 3 is 2.62 bits per heavy atom. The average molecular weight is 185 g/mol. The van der Waals surface area contributed by atoms with Gasteiger partial charge in [0.1, 0.15) is 12.5 Å². The molecule has 3 atom stereocenters. The van der Waals surface area contributed by atoms with E-state index in [1.807, 2.05) is 0 Å². The van der Waals surface area contributed by atoms with Gasteiger partial charge in [-0.1, -0.05) is 20.3 Å². The Kier molecular flexibility index (Phi) is 2.86. The lowest BCUT2D eigenvalue weighted by Crippen LogP contribution is -2.32. The van der Waals surface area contributed by atoms with E-state index in [1.54, 1.807) is 0 Å². The van der Waals surface area contributed by atoms with Crippen LogP contribution in [0.1, 0.15) is 33.1 Å². The van der Waals surface area contributed by atoms with E-state index >= 15 is 0 Å². The second-order valence-corrected chi connectivity index (χ2v) is 3.88. The van der Waals surface area contributed by atoms with E-state index in [2.05, 4.69) is 18.7 Å². The van der Waals surface area contributed by atoms with Crippen LogP contribution in [0.2, 0.25) is 0 Å². The number of ether oxygens (including phenoxy) is 2. The molecule has 0 spiro atoms. The number of rotatable bonds is 6. The van der Waals surface area contributed by atoms with Gasteiger partial charge in [0, 0.05) is 6.54 Å². The third kappa shape index (κ3) is 2.22. The first-order chi connectivity index (χ1) is 6.36. The quantitative estimate of drug-likeness (QED) is 0.588. The minimum Gasteiger partial charge on any atom is -0.356 e. The topological polar surface area (TPSA) is 28.3 Å². The van der Waals surface area contributed by atoms with Crippen molar-refractivity contribution in [1.29, 1.82) is 0 Å². The fourth-order valence-electron chi connectivity index (χ4n) is 1.85. The maximum Gasteiger partial charge on any atom is 0.139 e. The van der Waals surface area contributed by atoms with Crippen molar-refractivity contribution in [3.8, 4) is 0 Å². The highest BCUT2D eigenvalue weighted by Gasteiger charge is 2.48. The summed E-state index contributed by atoms with van der Waals surface area (Å²) in [5, 5.41) is 0. The van der Waals surface area contributed by atoms with Crippen LogP contribution in [-0.4, -0.2) is 36.6 Å². The molecule has 0 radical (unpaired) electrons. The summed E-state index contributed by atoms with van der Waals surface area (Å²) in [4.78, 5) is 2.36. The minimum atomic E-state index is 0.367. The summed E-state index contributed by atoms with van der Waals surface area (Å²) < 4.78 is 10.9. The Balaban J connectivity index is 1.77. The van der Waals surface area contributed by atoms with E-state index in [0.29, 0.717) is 18.6 Å². The Morgan fingerprint density at radius 1 is 1.31 bits per heavy atom. The van der Waals surface area contributed by atoms with Crippen LogP contribution in [0.15, 0.2) is 0 Å². The lowest BCUT2D eigenvalue weighted by atomic mass is 10.2. The lowest BCUT2D eigenvalue weighted by Gasteiger charge is -2.16. The van der Waals surface area contributed by atoms with Gasteiger partial charge in [-0.2, -0.15) is 0 Å². The molecule has 0 saturated carbocycles. The van der Waals surface area contributed by atoms with Crippen LogP contribution < -0.4 is 0 Å². The SMILES string of the molecule is CCC[C@@H]1OC1N(CCC)C1CO1. The van der Waals surface area contributed by atoms with Crippen LogP contribution in [0.3, 0.4) is 0 Å². The van der Waals surface area contributed by atoms with Gasteiger partial charge in [-0.05, 0) is 12.8 Å². The smallest absolute Gasteiger partial charge is 0.139 e. The van der Waals surface area contributed by atoms with Crippen molar-refractivity contribution >= 4 is 0 Å². The molecule has 2 aliphatic rings. The molecule has 2 aliphatic heterocycles. The van der Waals surface area contributed by atoms with Crippen LogP contribution in [0, 0.1) is 0 Å². The molecule has 2 fully saturated rings. The fourth-order valence-corrected chi connectivity index (χ4v) is 1.85. The first-order valence-corrected chi connectivity index (χ1v) is 5.39. The minimum absolute atomic E-state index is 0.367. The summed E-state index contributed by atoms with van der Waals surface area (Å²) in [5.74, 6) is 0. The monoisotopic (exact) mass is 185 g/mol. The Morgan fingerprint density at radius 2 is 2.08 bits per heavy atom. The van der Waals surface area contributed by atoms with Gasteiger partial charge in [0.05, 0.1) is 12.7 Å². The van der Waals surface area contributed by atoms with Gasteiger partial charge in [-0.25, -0.2) is 4.90 Å². The van der Waals surface area contributed by atoms with Gasteiger partial charge in [-0.3, -0.25) is 0 Å². The van der Waals surface area contributed by atoms with Gasteiger partial charge in [0.2, 0.25) is 0 Å². The van der Waals surface area contributed by atoms with Crippen LogP contribution in [-0.2, 0) is 9.47 Å². The molecule has 0 bridgehead atoms. The Hall–Kier alpha value is -0.120. The van der Waals surface area contributed by atoms with Crippen LogP contribution >= 0.6 is 0 Å². The van der Waals surface area contributed by atoms with E-state index in [4.69, 9.17) is 9.47 Å². The highest BCUT2D eigenvalue weighted by Crippen LogP contribution is 2.34.